The summed E-state index contributed by atoms with van der Waals surface area (Å²) >= 11 is 0. The fourth-order valence-electron chi connectivity index (χ4n) is 7.77. The smallest absolute Gasteiger partial charge is 0.124 e. The van der Waals surface area contributed by atoms with E-state index in [0.29, 0.717) is 0 Å². The maximum atomic E-state index is 5.86. The van der Waals surface area contributed by atoms with Crippen LogP contribution in [0.3, 0.4) is 0 Å². The van der Waals surface area contributed by atoms with Gasteiger partial charge in [-0.2, -0.15) is 0 Å². The van der Waals surface area contributed by atoms with Crippen LogP contribution in [0.5, 0.6) is 11.5 Å². The molecule has 0 atom stereocenters. The first-order valence-corrected chi connectivity index (χ1v) is 15.8. The van der Waals surface area contributed by atoms with Crippen molar-refractivity contribution in [2.45, 2.75) is 33.1 Å². The van der Waals surface area contributed by atoms with Crippen molar-refractivity contribution in [2.24, 2.45) is 0 Å². The predicted molar refractivity (Wildman–Crippen MR) is 190 cm³/mol. The minimum absolute atomic E-state index is 0.579. The molecule has 0 aliphatic heterocycles. The van der Waals surface area contributed by atoms with Crippen molar-refractivity contribution in [3.8, 4) is 22.6 Å². The summed E-state index contributed by atoms with van der Waals surface area (Å²) in [6, 6.07) is 46.5. The molecule has 1 aliphatic carbocycles. The number of aryl methyl sites for hydroxylation is 4. The molecule has 6 aromatic carbocycles. The summed E-state index contributed by atoms with van der Waals surface area (Å²) in [6.07, 6.45) is 0. The van der Waals surface area contributed by atoms with Crippen molar-refractivity contribution in [3.05, 3.63) is 172 Å². The van der Waals surface area contributed by atoms with E-state index >= 15 is 0 Å². The fourth-order valence-corrected chi connectivity index (χ4v) is 7.77. The number of para-hydroxylation sites is 2. The molecule has 6 aromatic rings. The largest absolute Gasteiger partial charge is 0.496 e. The second kappa shape index (κ2) is 11.6. The molecule has 3 heteroatoms. The van der Waals surface area contributed by atoms with Gasteiger partial charge in [-0.1, -0.05) is 91.0 Å². The van der Waals surface area contributed by atoms with Crippen LogP contribution in [0.1, 0.15) is 44.5 Å². The summed E-state index contributed by atoms with van der Waals surface area (Å²) in [5.41, 5.74) is 14.7. The first-order chi connectivity index (χ1) is 22.4. The molecule has 46 heavy (non-hydrogen) atoms. The van der Waals surface area contributed by atoms with E-state index in [4.69, 9.17) is 9.47 Å². The third-order valence-corrected chi connectivity index (χ3v) is 9.51. The van der Waals surface area contributed by atoms with E-state index in [1.807, 2.05) is 0 Å². The van der Waals surface area contributed by atoms with Crippen LogP contribution >= 0.6 is 0 Å². The number of fused-ring (bicyclic) bond motifs is 3. The SMILES string of the molecule is COc1c(C)cc(C2(c3cc(C)c(OC)c(C)c3)c3ccccc3-c3ccc(N(c4ccccc4)c4ccccc4)cc32)cc1C. The lowest BCUT2D eigenvalue weighted by Crippen LogP contribution is -2.29. The Morgan fingerprint density at radius 1 is 0.435 bits per heavy atom. The zero-order valence-electron chi connectivity index (χ0n) is 27.4. The van der Waals surface area contributed by atoms with Gasteiger partial charge in [0.25, 0.3) is 0 Å². The number of hydrogen-bond donors (Lipinski definition) is 0. The summed E-state index contributed by atoms with van der Waals surface area (Å²) in [5, 5.41) is 0. The van der Waals surface area contributed by atoms with E-state index in [1.165, 1.54) is 33.4 Å². The van der Waals surface area contributed by atoms with E-state index in [2.05, 4.69) is 160 Å². The van der Waals surface area contributed by atoms with Crippen molar-refractivity contribution in [1.82, 2.24) is 0 Å². The molecule has 0 N–H and O–H groups in total. The van der Waals surface area contributed by atoms with E-state index in [-0.39, 0.29) is 0 Å². The Morgan fingerprint density at radius 3 is 1.35 bits per heavy atom. The highest BCUT2D eigenvalue weighted by Gasteiger charge is 2.47. The zero-order valence-corrected chi connectivity index (χ0v) is 27.4. The number of rotatable bonds is 7. The Balaban J connectivity index is 1.60. The summed E-state index contributed by atoms with van der Waals surface area (Å²) < 4.78 is 11.7. The van der Waals surface area contributed by atoms with Gasteiger partial charge in [0.2, 0.25) is 0 Å². The van der Waals surface area contributed by atoms with Crippen molar-refractivity contribution in [2.75, 3.05) is 19.1 Å². The van der Waals surface area contributed by atoms with Gasteiger partial charge in [0, 0.05) is 17.1 Å². The highest BCUT2D eigenvalue weighted by molar-refractivity contribution is 5.89. The number of methoxy groups -OCH3 is 2. The number of ether oxygens (including phenoxy) is 2. The molecule has 7 rings (SSSR count). The van der Waals surface area contributed by atoms with Gasteiger partial charge >= 0.3 is 0 Å². The average molecular weight is 602 g/mol. The lowest BCUT2D eigenvalue weighted by Gasteiger charge is -2.36. The van der Waals surface area contributed by atoms with Crippen LogP contribution in [-0.2, 0) is 5.41 Å². The lowest BCUT2D eigenvalue weighted by atomic mass is 9.66. The third kappa shape index (κ3) is 4.49. The normalized spacial score (nSPS) is 12.7. The minimum atomic E-state index is -0.579. The van der Waals surface area contributed by atoms with Gasteiger partial charge in [0.05, 0.1) is 19.6 Å². The molecule has 0 saturated carbocycles. The summed E-state index contributed by atoms with van der Waals surface area (Å²) in [7, 11) is 3.52. The van der Waals surface area contributed by atoms with Crippen LogP contribution in [0.15, 0.2) is 127 Å². The van der Waals surface area contributed by atoms with Gasteiger partial charge in [-0.15, -0.1) is 0 Å². The molecule has 0 aromatic heterocycles. The maximum absolute atomic E-state index is 5.86. The quantitative estimate of drug-likeness (QED) is 0.181. The standard InChI is InChI=1S/C43H39NO2/c1-28-23-32(24-29(2)41(28)45-5)43(33-25-30(3)42(46-6)31(4)26-33)39-20-14-13-19-37(39)38-22-21-36(27-40(38)43)44(34-15-9-7-10-16-34)35-17-11-8-12-18-35/h7-27H,1-6H3. The third-order valence-electron chi connectivity index (χ3n) is 9.51. The second-order valence-corrected chi connectivity index (χ2v) is 12.3. The van der Waals surface area contributed by atoms with Gasteiger partial charge in [-0.25, -0.2) is 0 Å². The van der Waals surface area contributed by atoms with E-state index in [1.54, 1.807) is 14.2 Å². The molecule has 0 amide bonds. The minimum Gasteiger partial charge on any atom is -0.496 e. The molecule has 3 nitrogen and oxygen atoms in total. The molecule has 1 aliphatic rings. The molecular weight excluding hydrogens is 562 g/mol. The van der Waals surface area contributed by atoms with Crippen LogP contribution in [-0.4, -0.2) is 14.2 Å². The van der Waals surface area contributed by atoms with Crippen molar-refractivity contribution in [3.63, 3.8) is 0 Å². The van der Waals surface area contributed by atoms with Crippen LogP contribution in [0.25, 0.3) is 11.1 Å². The summed E-state index contributed by atoms with van der Waals surface area (Å²) in [5.74, 6) is 1.86. The van der Waals surface area contributed by atoms with E-state index < -0.39 is 5.41 Å². The topological polar surface area (TPSA) is 21.7 Å². The first-order valence-electron chi connectivity index (χ1n) is 15.8. The number of hydrogen-bond acceptors (Lipinski definition) is 3. The van der Waals surface area contributed by atoms with Crippen molar-refractivity contribution in [1.29, 1.82) is 0 Å². The maximum Gasteiger partial charge on any atom is 0.124 e. The van der Waals surface area contributed by atoms with Gasteiger partial charge in [-0.3, -0.25) is 0 Å². The van der Waals surface area contributed by atoms with Gasteiger partial charge in [0.1, 0.15) is 11.5 Å². The van der Waals surface area contributed by atoms with E-state index in [0.717, 1.165) is 50.8 Å². The fraction of sp³-hybridized carbons (Fsp3) is 0.163. The molecule has 0 bridgehead atoms. The van der Waals surface area contributed by atoms with Crippen molar-refractivity contribution >= 4 is 17.1 Å². The highest BCUT2D eigenvalue weighted by atomic mass is 16.5. The molecule has 0 saturated heterocycles. The molecule has 0 heterocycles. The van der Waals surface area contributed by atoms with Crippen molar-refractivity contribution < 1.29 is 9.47 Å². The molecule has 0 spiro atoms. The Hall–Kier alpha value is -5.28. The number of nitrogens with zero attached hydrogens (tertiary/aromatic N) is 1. The Morgan fingerprint density at radius 2 is 0.870 bits per heavy atom. The Labute approximate surface area is 272 Å². The second-order valence-electron chi connectivity index (χ2n) is 12.3. The summed E-state index contributed by atoms with van der Waals surface area (Å²) in [4.78, 5) is 2.35. The average Bonchev–Trinajstić information content (AvgIpc) is 3.36. The molecule has 0 fully saturated rings. The molecule has 0 radical (unpaired) electrons. The first kappa shape index (κ1) is 29.4. The van der Waals surface area contributed by atoms with Gasteiger partial charge in [-0.05, 0) is 120 Å². The highest BCUT2D eigenvalue weighted by Crippen LogP contribution is 2.58. The van der Waals surface area contributed by atoms with Gasteiger partial charge in [0.15, 0.2) is 0 Å². The Kier molecular flexibility index (Phi) is 7.41. The molecule has 0 unspecified atom stereocenters. The van der Waals surface area contributed by atoms with Crippen LogP contribution in [0.4, 0.5) is 17.1 Å². The zero-order chi connectivity index (χ0) is 32.0. The van der Waals surface area contributed by atoms with Crippen LogP contribution < -0.4 is 14.4 Å². The predicted octanol–water partition coefficient (Wildman–Crippen LogP) is 10.8. The van der Waals surface area contributed by atoms with Crippen LogP contribution in [0, 0.1) is 27.7 Å². The lowest BCUT2D eigenvalue weighted by molar-refractivity contribution is 0.408. The molecule has 228 valence electrons. The van der Waals surface area contributed by atoms with Gasteiger partial charge < -0.3 is 14.4 Å². The molecular formula is C43H39NO2. The van der Waals surface area contributed by atoms with E-state index in [9.17, 15) is 0 Å². The number of anilines is 3. The Bertz CT molecular complexity index is 1920. The summed E-state index contributed by atoms with van der Waals surface area (Å²) in [6.45, 7) is 8.60. The van der Waals surface area contributed by atoms with Crippen LogP contribution in [0.2, 0.25) is 0 Å². The number of benzene rings is 6. The monoisotopic (exact) mass is 601 g/mol.